The average molecular weight is 490 g/mol. The van der Waals surface area contributed by atoms with E-state index in [9.17, 15) is 23.3 Å². The predicted molar refractivity (Wildman–Crippen MR) is 110 cm³/mol. The van der Waals surface area contributed by atoms with E-state index in [2.05, 4.69) is 26.5 Å². The van der Waals surface area contributed by atoms with Gasteiger partial charge in [-0.2, -0.15) is 5.10 Å². The number of halogens is 2. The largest absolute Gasteiger partial charge is 0.271 e. The smallest absolute Gasteiger partial charge is 0.270 e. The van der Waals surface area contributed by atoms with Crippen molar-refractivity contribution in [1.82, 2.24) is 5.43 Å². The maximum absolute atomic E-state index is 12.1. The van der Waals surface area contributed by atoms with E-state index in [0.717, 1.165) is 16.8 Å². The second-order valence-corrected chi connectivity index (χ2v) is 8.65. The molecule has 1 N–H and O–H groups in total. The fourth-order valence-corrected chi connectivity index (χ4v) is 3.77. The monoisotopic (exact) mass is 488 g/mol. The van der Waals surface area contributed by atoms with Gasteiger partial charge in [0, 0.05) is 27.2 Å². The summed E-state index contributed by atoms with van der Waals surface area (Å²) in [7, 11) is -3.74. The lowest BCUT2D eigenvalue weighted by Crippen LogP contribution is -2.39. The zero-order valence-corrected chi connectivity index (χ0v) is 17.5. The van der Waals surface area contributed by atoms with E-state index in [-0.39, 0.29) is 16.3 Å². The van der Waals surface area contributed by atoms with Crippen molar-refractivity contribution in [2.45, 2.75) is 0 Å². The van der Waals surface area contributed by atoms with E-state index in [0.29, 0.717) is 10.2 Å². The van der Waals surface area contributed by atoms with Crippen LogP contribution >= 0.6 is 27.5 Å². The quantitative estimate of drug-likeness (QED) is 0.364. The molecule has 1 amide bonds. The molecule has 0 aliphatic carbocycles. The minimum Gasteiger partial charge on any atom is -0.271 e. The van der Waals surface area contributed by atoms with Gasteiger partial charge in [0.1, 0.15) is 6.54 Å². The molecule has 0 unspecified atom stereocenters. The summed E-state index contributed by atoms with van der Waals surface area (Å²) in [6.45, 7) is -0.512. The highest BCUT2D eigenvalue weighted by Gasteiger charge is 2.22. The number of hydrogen-bond acceptors (Lipinski definition) is 6. The van der Waals surface area contributed by atoms with Crippen LogP contribution in [-0.2, 0) is 14.8 Å². The highest BCUT2D eigenvalue weighted by atomic mass is 79.9. The lowest BCUT2D eigenvalue weighted by atomic mass is 10.2. The SMILES string of the molecule is CS(=O)(=O)N(CC(=O)N/N=C/c1cc([N+](=O)[O-])ccc1Cl)c1ccccc1Br. The van der Waals surface area contributed by atoms with Crippen LogP contribution in [0.1, 0.15) is 5.56 Å². The van der Waals surface area contributed by atoms with E-state index < -0.39 is 27.4 Å². The topological polar surface area (TPSA) is 122 Å². The molecule has 0 aromatic heterocycles. The lowest BCUT2D eigenvalue weighted by molar-refractivity contribution is -0.384. The molecule has 148 valence electrons. The number of nitro groups is 1. The summed E-state index contributed by atoms with van der Waals surface area (Å²) in [5, 5.41) is 14.7. The number of nitro benzene ring substituents is 1. The summed E-state index contributed by atoms with van der Waals surface area (Å²) >= 11 is 9.19. The predicted octanol–water partition coefficient (Wildman–Crippen LogP) is 2.93. The van der Waals surface area contributed by atoms with Crippen LogP contribution in [0.5, 0.6) is 0 Å². The van der Waals surface area contributed by atoms with Crippen molar-refractivity contribution in [3.05, 3.63) is 67.6 Å². The molecule has 0 radical (unpaired) electrons. The summed E-state index contributed by atoms with van der Waals surface area (Å²) < 4.78 is 25.6. The van der Waals surface area contributed by atoms with Gasteiger partial charge in [-0.15, -0.1) is 0 Å². The Hall–Kier alpha value is -2.50. The number of benzene rings is 2. The number of rotatable bonds is 7. The Morgan fingerprint density at radius 1 is 1.36 bits per heavy atom. The number of non-ortho nitro benzene ring substituents is 1. The van der Waals surface area contributed by atoms with E-state index in [1.54, 1.807) is 24.3 Å². The van der Waals surface area contributed by atoms with Crippen LogP contribution in [-0.4, -0.2) is 38.3 Å². The molecule has 2 aromatic rings. The average Bonchev–Trinajstić information content (AvgIpc) is 2.61. The maximum Gasteiger partial charge on any atom is 0.270 e. The van der Waals surface area contributed by atoms with Gasteiger partial charge in [0.05, 0.1) is 23.1 Å². The van der Waals surface area contributed by atoms with Gasteiger partial charge in [-0.05, 0) is 34.1 Å². The molecule has 0 saturated carbocycles. The van der Waals surface area contributed by atoms with Gasteiger partial charge in [-0.3, -0.25) is 19.2 Å². The van der Waals surface area contributed by atoms with E-state index in [1.807, 2.05) is 0 Å². The molecule has 2 rings (SSSR count). The number of carbonyl (C=O) groups excluding carboxylic acids is 1. The Balaban J connectivity index is 2.14. The van der Waals surface area contributed by atoms with Gasteiger partial charge in [-0.1, -0.05) is 23.7 Å². The van der Waals surface area contributed by atoms with Crippen LogP contribution in [0.2, 0.25) is 5.02 Å². The molecule has 0 aliphatic heterocycles. The standard InChI is InChI=1S/C16H14BrClN4O5S/c1-28(26,27)21(15-5-3-2-4-13(15)17)10-16(23)20-19-9-11-8-12(22(24)25)6-7-14(11)18/h2-9H,10H2,1H3,(H,20,23)/b19-9+. The van der Waals surface area contributed by atoms with Crippen molar-refractivity contribution in [3.63, 3.8) is 0 Å². The second kappa shape index (κ2) is 9.13. The molecule has 0 heterocycles. The number of nitrogens with one attached hydrogen (secondary N) is 1. The van der Waals surface area contributed by atoms with Crippen LogP contribution in [0.25, 0.3) is 0 Å². The molecular formula is C16H14BrClN4O5S. The maximum atomic E-state index is 12.1. The number of sulfonamides is 1. The van der Waals surface area contributed by atoms with Gasteiger partial charge in [0.2, 0.25) is 10.0 Å². The fraction of sp³-hybridized carbons (Fsp3) is 0.125. The van der Waals surface area contributed by atoms with Gasteiger partial charge < -0.3 is 0 Å². The second-order valence-electron chi connectivity index (χ2n) is 5.48. The normalized spacial score (nSPS) is 11.4. The summed E-state index contributed by atoms with van der Waals surface area (Å²) in [4.78, 5) is 22.4. The van der Waals surface area contributed by atoms with Crippen molar-refractivity contribution in [3.8, 4) is 0 Å². The third-order valence-corrected chi connectivity index (χ3v) is 5.53. The molecule has 0 atom stereocenters. The minimum absolute atomic E-state index is 0.186. The highest BCUT2D eigenvalue weighted by molar-refractivity contribution is 9.10. The van der Waals surface area contributed by atoms with E-state index in [4.69, 9.17) is 11.6 Å². The number of para-hydroxylation sites is 1. The Labute approximate surface area is 174 Å². The highest BCUT2D eigenvalue weighted by Crippen LogP contribution is 2.27. The number of nitrogens with zero attached hydrogens (tertiary/aromatic N) is 3. The fourth-order valence-electron chi connectivity index (χ4n) is 2.12. The summed E-state index contributed by atoms with van der Waals surface area (Å²) in [6, 6.07) is 10.3. The Kier molecular flexibility index (Phi) is 7.11. The Morgan fingerprint density at radius 2 is 2.04 bits per heavy atom. The van der Waals surface area contributed by atoms with Crippen LogP contribution in [0, 0.1) is 10.1 Å². The van der Waals surface area contributed by atoms with E-state index in [1.165, 1.54) is 18.2 Å². The molecule has 2 aromatic carbocycles. The lowest BCUT2D eigenvalue weighted by Gasteiger charge is -2.22. The van der Waals surface area contributed by atoms with Gasteiger partial charge >= 0.3 is 0 Å². The zero-order chi connectivity index (χ0) is 20.9. The van der Waals surface area contributed by atoms with Crippen LogP contribution in [0.4, 0.5) is 11.4 Å². The van der Waals surface area contributed by atoms with Crippen molar-refractivity contribution in [2.24, 2.45) is 5.10 Å². The van der Waals surface area contributed by atoms with Crippen LogP contribution in [0.15, 0.2) is 52.0 Å². The summed E-state index contributed by atoms with van der Waals surface area (Å²) in [5.41, 5.74) is 2.51. The number of hydrogen-bond donors (Lipinski definition) is 1. The van der Waals surface area contributed by atoms with Gasteiger partial charge in [-0.25, -0.2) is 13.8 Å². The first-order valence-corrected chi connectivity index (χ1v) is 10.6. The first-order valence-electron chi connectivity index (χ1n) is 7.57. The number of carbonyl (C=O) groups is 1. The van der Waals surface area contributed by atoms with E-state index >= 15 is 0 Å². The number of amides is 1. The summed E-state index contributed by atoms with van der Waals surface area (Å²) in [6.07, 6.45) is 2.11. The van der Waals surface area contributed by atoms with Gasteiger partial charge in [0.15, 0.2) is 0 Å². The molecule has 12 heteroatoms. The molecular weight excluding hydrogens is 476 g/mol. The molecule has 0 saturated heterocycles. The number of hydrazone groups is 1. The van der Waals surface area contributed by atoms with Crippen molar-refractivity contribution < 1.29 is 18.1 Å². The Morgan fingerprint density at radius 3 is 2.64 bits per heavy atom. The van der Waals surface area contributed by atoms with Crippen molar-refractivity contribution >= 4 is 61.1 Å². The van der Waals surface area contributed by atoms with Crippen LogP contribution < -0.4 is 9.73 Å². The molecule has 0 spiro atoms. The van der Waals surface area contributed by atoms with Crippen molar-refractivity contribution in [2.75, 3.05) is 17.1 Å². The summed E-state index contributed by atoms with van der Waals surface area (Å²) in [5.74, 6) is -0.709. The first kappa shape index (κ1) is 21.8. The van der Waals surface area contributed by atoms with Gasteiger partial charge in [0.25, 0.3) is 11.6 Å². The minimum atomic E-state index is -3.74. The molecule has 28 heavy (non-hydrogen) atoms. The molecule has 9 nitrogen and oxygen atoms in total. The Bertz CT molecular complexity index is 1050. The third-order valence-electron chi connectivity index (χ3n) is 3.39. The van der Waals surface area contributed by atoms with Crippen LogP contribution in [0.3, 0.4) is 0 Å². The molecule has 0 bridgehead atoms. The third kappa shape index (κ3) is 5.75. The molecule has 0 fully saturated rings. The van der Waals surface area contributed by atoms with Crippen molar-refractivity contribution in [1.29, 1.82) is 0 Å². The zero-order valence-electron chi connectivity index (χ0n) is 14.4. The first-order chi connectivity index (χ1) is 13.1. The number of anilines is 1. The molecule has 0 aliphatic rings.